The maximum atomic E-state index is 14.2. The van der Waals surface area contributed by atoms with Gasteiger partial charge in [0.05, 0.1) is 11.8 Å². The number of amides is 1. The van der Waals surface area contributed by atoms with Crippen LogP contribution >= 0.6 is 0 Å². The number of carbonyl (C=O) groups excluding carboxylic acids is 1. The van der Waals surface area contributed by atoms with Crippen LogP contribution in [-0.2, 0) is 4.74 Å². The van der Waals surface area contributed by atoms with Gasteiger partial charge in [-0.1, -0.05) is 13.8 Å². The highest BCUT2D eigenvalue weighted by molar-refractivity contribution is 6.03. The van der Waals surface area contributed by atoms with Crippen LogP contribution in [-0.4, -0.2) is 30.1 Å². The van der Waals surface area contributed by atoms with E-state index >= 15 is 0 Å². The van der Waals surface area contributed by atoms with Crippen LogP contribution in [0, 0.1) is 5.82 Å². The number of carbonyl (C=O) groups is 1. The maximum absolute atomic E-state index is 14.2. The summed E-state index contributed by atoms with van der Waals surface area (Å²) in [5, 5.41) is 5.70. The van der Waals surface area contributed by atoms with Gasteiger partial charge in [-0.3, -0.25) is 4.79 Å². The quantitative estimate of drug-likeness (QED) is 0.832. The Morgan fingerprint density at radius 1 is 1.44 bits per heavy atom. The molecule has 1 fully saturated rings. The summed E-state index contributed by atoms with van der Waals surface area (Å²) < 4.78 is 25.0. The van der Waals surface area contributed by atoms with Crippen LogP contribution in [0.1, 0.15) is 48.9 Å². The molecule has 1 saturated heterocycles. The summed E-state index contributed by atoms with van der Waals surface area (Å²) in [6.07, 6.45) is 3.39. The fourth-order valence-electron chi connectivity index (χ4n) is 2.79. The van der Waals surface area contributed by atoms with Crippen molar-refractivity contribution < 1.29 is 18.3 Å². The Labute approximate surface area is 145 Å². The molecular weight excluding hydrogens is 325 g/mol. The minimum Gasteiger partial charge on any atom is -0.447 e. The zero-order chi connectivity index (χ0) is 17.8. The van der Waals surface area contributed by atoms with Gasteiger partial charge in [0.1, 0.15) is 11.6 Å². The number of ether oxygens (including phenoxy) is 1. The van der Waals surface area contributed by atoms with E-state index in [1.54, 1.807) is 12.1 Å². The highest BCUT2D eigenvalue weighted by Gasteiger charge is 2.20. The molecule has 1 amide bonds. The maximum Gasteiger partial charge on any atom is 0.277 e. The van der Waals surface area contributed by atoms with Crippen molar-refractivity contribution in [2.45, 2.75) is 38.7 Å². The third-order valence-corrected chi connectivity index (χ3v) is 4.11. The Kier molecular flexibility index (Phi) is 5.33. The molecule has 0 spiro atoms. The molecule has 0 bridgehead atoms. The summed E-state index contributed by atoms with van der Waals surface area (Å²) in [5.41, 5.74) is 0.969. The number of oxazole rings is 1. The van der Waals surface area contributed by atoms with Crippen molar-refractivity contribution in [2.75, 3.05) is 23.8 Å². The number of anilines is 2. The number of halogens is 1. The molecular formula is C18H22FN3O3. The van der Waals surface area contributed by atoms with E-state index in [0.717, 1.165) is 19.4 Å². The number of hydrogen-bond donors (Lipinski definition) is 2. The van der Waals surface area contributed by atoms with Crippen molar-refractivity contribution in [3.63, 3.8) is 0 Å². The van der Waals surface area contributed by atoms with Crippen LogP contribution in [0.15, 0.2) is 29.0 Å². The number of hydrogen-bond acceptors (Lipinski definition) is 5. The Bertz CT molecular complexity index is 739. The molecule has 1 aromatic heterocycles. The van der Waals surface area contributed by atoms with Crippen molar-refractivity contribution in [1.29, 1.82) is 0 Å². The minimum absolute atomic E-state index is 0.0318. The van der Waals surface area contributed by atoms with E-state index in [9.17, 15) is 9.18 Å². The highest BCUT2D eigenvalue weighted by atomic mass is 19.1. The van der Waals surface area contributed by atoms with Crippen LogP contribution in [0.25, 0.3) is 0 Å². The molecule has 134 valence electrons. The van der Waals surface area contributed by atoms with Gasteiger partial charge in [-0.25, -0.2) is 9.37 Å². The first-order chi connectivity index (χ1) is 12.0. The lowest BCUT2D eigenvalue weighted by Gasteiger charge is -2.13. The van der Waals surface area contributed by atoms with Gasteiger partial charge in [-0.05, 0) is 31.0 Å². The lowest BCUT2D eigenvalue weighted by molar-refractivity contribution is 0.102. The van der Waals surface area contributed by atoms with Crippen molar-refractivity contribution in [2.24, 2.45) is 0 Å². The second-order valence-electron chi connectivity index (χ2n) is 6.38. The number of aromatic nitrogens is 1. The first-order valence-corrected chi connectivity index (χ1v) is 8.44. The summed E-state index contributed by atoms with van der Waals surface area (Å²) >= 11 is 0. The van der Waals surface area contributed by atoms with Crippen LogP contribution in [0.2, 0.25) is 0 Å². The predicted octanol–water partition coefficient (Wildman–Crippen LogP) is 3.78. The standard InChI is InChI=1S/C18H22FN3O3/c1-11(2)17-16(21-10-25-17)18(23)22-12-5-6-15(14(19)8-12)20-9-13-4-3-7-24-13/h5-6,8,10-11,13,20H,3-4,7,9H2,1-2H3,(H,22,23)/t13-/m0/s1. The van der Waals surface area contributed by atoms with Crippen LogP contribution in [0.5, 0.6) is 0 Å². The monoisotopic (exact) mass is 347 g/mol. The third kappa shape index (κ3) is 4.17. The highest BCUT2D eigenvalue weighted by Crippen LogP contribution is 2.23. The molecule has 2 N–H and O–H groups in total. The first-order valence-electron chi connectivity index (χ1n) is 8.44. The number of nitrogens with zero attached hydrogens (tertiary/aromatic N) is 1. The Morgan fingerprint density at radius 3 is 2.96 bits per heavy atom. The molecule has 0 aliphatic carbocycles. The van der Waals surface area contributed by atoms with Gasteiger partial charge in [0.15, 0.2) is 12.1 Å². The Morgan fingerprint density at radius 2 is 2.28 bits per heavy atom. The molecule has 1 aromatic carbocycles. The zero-order valence-electron chi connectivity index (χ0n) is 14.3. The van der Waals surface area contributed by atoms with E-state index in [1.165, 1.54) is 12.5 Å². The van der Waals surface area contributed by atoms with Gasteiger partial charge in [0.2, 0.25) is 0 Å². The Balaban J connectivity index is 1.63. The van der Waals surface area contributed by atoms with Gasteiger partial charge in [0, 0.05) is 24.8 Å². The first kappa shape index (κ1) is 17.4. The molecule has 7 heteroatoms. The van der Waals surface area contributed by atoms with Crippen molar-refractivity contribution in [3.8, 4) is 0 Å². The fourth-order valence-corrected chi connectivity index (χ4v) is 2.79. The molecule has 1 aliphatic rings. The van der Waals surface area contributed by atoms with E-state index in [1.807, 2.05) is 13.8 Å². The predicted molar refractivity (Wildman–Crippen MR) is 92.4 cm³/mol. The molecule has 6 nitrogen and oxygen atoms in total. The summed E-state index contributed by atoms with van der Waals surface area (Å²) in [6.45, 7) is 5.15. The van der Waals surface area contributed by atoms with E-state index in [4.69, 9.17) is 9.15 Å². The lowest BCUT2D eigenvalue weighted by atomic mass is 10.1. The number of benzene rings is 1. The molecule has 2 aromatic rings. The summed E-state index contributed by atoms with van der Waals surface area (Å²) in [5.74, 6) is -0.311. The summed E-state index contributed by atoms with van der Waals surface area (Å²) in [7, 11) is 0. The van der Waals surface area contributed by atoms with Crippen molar-refractivity contribution >= 4 is 17.3 Å². The zero-order valence-corrected chi connectivity index (χ0v) is 14.3. The third-order valence-electron chi connectivity index (χ3n) is 4.11. The second-order valence-corrected chi connectivity index (χ2v) is 6.38. The van der Waals surface area contributed by atoms with Gasteiger partial charge in [-0.2, -0.15) is 0 Å². The van der Waals surface area contributed by atoms with Gasteiger partial charge >= 0.3 is 0 Å². The summed E-state index contributed by atoms with van der Waals surface area (Å²) in [6, 6.07) is 4.53. The SMILES string of the molecule is CC(C)c1ocnc1C(=O)Nc1ccc(NC[C@@H]2CCCO2)c(F)c1. The van der Waals surface area contributed by atoms with E-state index in [0.29, 0.717) is 23.7 Å². The van der Waals surface area contributed by atoms with Crippen LogP contribution < -0.4 is 10.6 Å². The van der Waals surface area contributed by atoms with Crippen molar-refractivity contribution in [3.05, 3.63) is 41.9 Å². The molecule has 1 atom stereocenters. The molecule has 1 aliphatic heterocycles. The topological polar surface area (TPSA) is 76.4 Å². The Hall–Kier alpha value is -2.41. The molecule has 0 unspecified atom stereocenters. The van der Waals surface area contributed by atoms with Gasteiger partial charge < -0.3 is 19.8 Å². The average molecular weight is 347 g/mol. The van der Waals surface area contributed by atoms with E-state index < -0.39 is 11.7 Å². The van der Waals surface area contributed by atoms with Gasteiger partial charge in [0.25, 0.3) is 5.91 Å². The molecule has 3 rings (SSSR count). The normalized spacial score (nSPS) is 17.0. The van der Waals surface area contributed by atoms with E-state index in [2.05, 4.69) is 15.6 Å². The molecule has 0 radical (unpaired) electrons. The summed E-state index contributed by atoms with van der Waals surface area (Å²) in [4.78, 5) is 16.3. The average Bonchev–Trinajstić information content (AvgIpc) is 3.25. The minimum atomic E-state index is -0.431. The number of nitrogens with one attached hydrogen (secondary N) is 2. The van der Waals surface area contributed by atoms with Crippen LogP contribution in [0.3, 0.4) is 0 Å². The molecule has 25 heavy (non-hydrogen) atoms. The smallest absolute Gasteiger partial charge is 0.277 e. The lowest BCUT2D eigenvalue weighted by Crippen LogP contribution is -2.19. The molecule has 2 heterocycles. The van der Waals surface area contributed by atoms with Crippen molar-refractivity contribution in [1.82, 2.24) is 4.98 Å². The molecule has 0 saturated carbocycles. The van der Waals surface area contributed by atoms with E-state index in [-0.39, 0.29) is 17.7 Å². The second kappa shape index (κ2) is 7.65. The fraction of sp³-hybridized carbons (Fsp3) is 0.444. The van der Waals surface area contributed by atoms with Crippen LogP contribution in [0.4, 0.5) is 15.8 Å². The number of rotatable bonds is 6. The van der Waals surface area contributed by atoms with Gasteiger partial charge in [-0.15, -0.1) is 0 Å². The largest absolute Gasteiger partial charge is 0.447 e.